The minimum Gasteiger partial charge on any atom is -0.376 e. The molecule has 5 aromatic rings. The lowest BCUT2D eigenvalue weighted by atomic mass is 10.0. The number of nitrogens with one attached hydrogen (secondary N) is 2. The molecule has 10 heteroatoms. The number of anilines is 2. The lowest BCUT2D eigenvalue weighted by Gasteiger charge is -2.22. The van der Waals surface area contributed by atoms with Gasteiger partial charge in [-0.1, -0.05) is 59.3 Å². The Kier molecular flexibility index (Phi) is 6.86. The third-order valence-corrected chi connectivity index (χ3v) is 7.24. The monoisotopic (exact) mass is 563 g/mol. The second kappa shape index (κ2) is 11.2. The molecule has 6 rings (SSSR count). The molecule has 8 nitrogen and oxygen atoms in total. The van der Waals surface area contributed by atoms with Crippen LogP contribution in [0.15, 0.2) is 79.1 Å². The molecule has 41 heavy (non-hydrogen) atoms. The first kappa shape index (κ1) is 25.0. The second-order valence-corrected chi connectivity index (χ2v) is 10.2. The molecule has 0 unspecified atom stereocenters. The summed E-state index contributed by atoms with van der Waals surface area (Å²) in [5, 5.41) is 35.5. The highest BCUT2D eigenvalue weighted by Gasteiger charge is 2.27. The fourth-order valence-electron chi connectivity index (χ4n) is 4.73. The van der Waals surface area contributed by atoms with Gasteiger partial charge >= 0.3 is 0 Å². The molecule has 1 saturated carbocycles. The number of aromatic nitrogens is 4. The Labute approximate surface area is 242 Å². The van der Waals surface area contributed by atoms with Crippen molar-refractivity contribution in [2.75, 3.05) is 10.6 Å². The summed E-state index contributed by atoms with van der Waals surface area (Å²) in [6, 6.07) is 21.1. The molecule has 0 amide bonds. The van der Waals surface area contributed by atoms with Crippen molar-refractivity contribution in [2.24, 2.45) is 0 Å². The number of halogens is 2. The maximum Gasteiger partial charge on any atom is 0.123 e. The quantitative estimate of drug-likeness (QED) is 0.196. The predicted octanol–water partition coefficient (Wildman–Crippen LogP) is 7.09. The van der Waals surface area contributed by atoms with Crippen LogP contribution >= 0.6 is 11.6 Å². The molecule has 3 aromatic carbocycles. The van der Waals surface area contributed by atoms with E-state index in [1.807, 2.05) is 30.3 Å². The molecule has 0 bridgehead atoms. The molecule has 0 spiro atoms. The summed E-state index contributed by atoms with van der Waals surface area (Å²) >= 11 is 6.73. The normalized spacial score (nSPS) is 15.3. The lowest BCUT2D eigenvalue weighted by molar-refractivity contribution is 0.610. The molecular formula is C31H24ClFN8. The van der Waals surface area contributed by atoms with Crippen LogP contribution in [0.25, 0.3) is 10.9 Å². The van der Waals surface area contributed by atoms with Crippen LogP contribution in [-0.4, -0.2) is 20.0 Å². The molecule has 1 aliphatic carbocycles. The predicted molar refractivity (Wildman–Crippen MR) is 155 cm³/mol. The van der Waals surface area contributed by atoms with E-state index in [4.69, 9.17) is 11.6 Å². The number of nitriles is 2. The summed E-state index contributed by atoms with van der Waals surface area (Å²) in [6.45, 7) is 0. The van der Waals surface area contributed by atoms with Crippen LogP contribution < -0.4 is 10.6 Å². The van der Waals surface area contributed by atoms with Crippen molar-refractivity contribution < 1.29 is 5.76 Å². The number of benzene rings is 3. The summed E-state index contributed by atoms with van der Waals surface area (Å²) in [5.41, 5.74) is 3.30. The van der Waals surface area contributed by atoms with E-state index in [-0.39, 0.29) is 18.0 Å². The molecular weight excluding hydrogens is 539 g/mol. The largest absolute Gasteiger partial charge is 0.376 e. The van der Waals surface area contributed by atoms with Gasteiger partial charge in [-0.15, -0.1) is 5.10 Å². The summed E-state index contributed by atoms with van der Waals surface area (Å²) in [4.78, 5) is 4.43. The highest BCUT2D eigenvalue weighted by Crippen LogP contribution is 2.38. The topological polar surface area (TPSA) is 115 Å². The van der Waals surface area contributed by atoms with Gasteiger partial charge in [-0.05, 0) is 48.2 Å². The van der Waals surface area contributed by atoms with Crippen LogP contribution in [0.4, 0.5) is 15.8 Å². The molecule has 1 aliphatic rings. The first-order valence-corrected chi connectivity index (χ1v) is 13.4. The van der Waals surface area contributed by atoms with Crippen LogP contribution in [0.5, 0.6) is 0 Å². The fraction of sp³-hybridized carbons (Fsp3) is 0.194. The van der Waals surface area contributed by atoms with Gasteiger partial charge in [-0.25, -0.2) is 9.07 Å². The molecule has 2 heterocycles. The summed E-state index contributed by atoms with van der Waals surface area (Å²) in [7, 11) is 0. The van der Waals surface area contributed by atoms with E-state index in [1.54, 1.807) is 23.0 Å². The Bertz CT molecular complexity index is 1840. The number of rotatable bonds is 9. The number of nitrogens with zero attached hydrogens (tertiary/aromatic N) is 6. The van der Waals surface area contributed by atoms with Crippen LogP contribution in [0, 0.1) is 28.5 Å². The van der Waals surface area contributed by atoms with Gasteiger partial charge in [0, 0.05) is 17.3 Å². The molecule has 2 aromatic heterocycles. The Hall–Kier alpha value is -4.99. The van der Waals surface area contributed by atoms with Crippen LogP contribution in [0.3, 0.4) is 0 Å². The maximum absolute atomic E-state index is 13.9. The zero-order valence-electron chi connectivity index (χ0n) is 22.7. The number of pyridine rings is 1. The van der Waals surface area contributed by atoms with Gasteiger partial charge < -0.3 is 10.6 Å². The zero-order valence-corrected chi connectivity index (χ0v) is 22.5. The SMILES string of the molecule is [2H][C@](Nc1cc(Cl)c2ncc(C#N)c(N[C@H](CC#N)c3ccccc3)c2c1)(c1ccc(F)cc1)c1cn(C2CC2)nn1. The Morgan fingerprint density at radius 3 is 2.56 bits per heavy atom. The smallest absolute Gasteiger partial charge is 0.123 e. The third kappa shape index (κ3) is 5.54. The van der Waals surface area contributed by atoms with Crippen molar-refractivity contribution in [1.82, 2.24) is 20.0 Å². The first-order chi connectivity index (χ1) is 20.4. The van der Waals surface area contributed by atoms with Crippen LogP contribution in [-0.2, 0) is 0 Å². The fourth-order valence-corrected chi connectivity index (χ4v) is 5.00. The Morgan fingerprint density at radius 2 is 1.85 bits per heavy atom. The zero-order chi connectivity index (χ0) is 29.3. The van der Waals surface area contributed by atoms with Gasteiger partial charge in [-0.3, -0.25) is 4.98 Å². The minimum absolute atomic E-state index is 0.154. The van der Waals surface area contributed by atoms with Crippen LogP contribution in [0.2, 0.25) is 5.02 Å². The van der Waals surface area contributed by atoms with E-state index in [0.29, 0.717) is 38.6 Å². The van der Waals surface area contributed by atoms with Crippen molar-refractivity contribution in [3.8, 4) is 12.1 Å². The summed E-state index contributed by atoms with van der Waals surface area (Å²) < 4.78 is 25.2. The minimum atomic E-state index is -1.65. The second-order valence-electron chi connectivity index (χ2n) is 9.80. The average Bonchev–Trinajstić information content (AvgIpc) is 3.73. The number of hydrogen-bond acceptors (Lipinski definition) is 7. The van der Waals surface area contributed by atoms with Crippen molar-refractivity contribution in [3.63, 3.8) is 0 Å². The first-order valence-electron chi connectivity index (χ1n) is 13.6. The van der Waals surface area contributed by atoms with Crippen molar-refractivity contribution in [2.45, 2.75) is 37.4 Å². The standard InChI is InChI=1S/C31H24ClFN8/c32-26-15-23(37-30(20-6-8-22(33)9-7-20)28-18-41(40-39-28)24-10-11-24)14-25-29(21(16-35)17-36-31(25)26)38-27(12-13-34)19-4-2-1-3-5-19/h1-9,14-15,17-18,24,27,30,37H,10-12H2,(H,36,38)/t27-,30+/m1/s1/i30D. The molecule has 0 aliphatic heterocycles. The summed E-state index contributed by atoms with van der Waals surface area (Å²) in [5.74, 6) is -0.423. The van der Waals surface area contributed by atoms with Crippen molar-refractivity contribution in [1.29, 1.82) is 10.5 Å². The summed E-state index contributed by atoms with van der Waals surface area (Å²) in [6.07, 6.45) is 5.33. The Balaban J connectivity index is 1.46. The van der Waals surface area contributed by atoms with Crippen LogP contribution in [0.1, 0.15) is 61.1 Å². The van der Waals surface area contributed by atoms with E-state index in [1.165, 1.54) is 30.5 Å². The van der Waals surface area contributed by atoms with E-state index < -0.39 is 17.9 Å². The molecule has 2 atom stereocenters. The van der Waals surface area contributed by atoms with E-state index in [9.17, 15) is 16.3 Å². The van der Waals surface area contributed by atoms with E-state index in [0.717, 1.165) is 18.4 Å². The van der Waals surface area contributed by atoms with Gasteiger partial charge in [0.1, 0.15) is 17.6 Å². The van der Waals surface area contributed by atoms with Gasteiger partial charge in [0.2, 0.25) is 0 Å². The molecule has 2 N–H and O–H groups in total. The van der Waals surface area contributed by atoms with Gasteiger partial charge in [-0.2, -0.15) is 10.5 Å². The lowest BCUT2D eigenvalue weighted by Crippen LogP contribution is -2.14. The Morgan fingerprint density at radius 1 is 1.07 bits per heavy atom. The van der Waals surface area contributed by atoms with Gasteiger partial charge in [0.15, 0.2) is 0 Å². The molecule has 202 valence electrons. The maximum atomic E-state index is 13.9. The van der Waals surface area contributed by atoms with Gasteiger partial charge in [0.05, 0.1) is 59.9 Å². The number of hydrogen-bond donors (Lipinski definition) is 2. The average molecular weight is 564 g/mol. The van der Waals surface area contributed by atoms with E-state index in [2.05, 4.69) is 38.1 Å². The van der Waals surface area contributed by atoms with Crippen molar-refractivity contribution in [3.05, 3.63) is 112 Å². The molecule has 1 fully saturated rings. The highest BCUT2D eigenvalue weighted by atomic mass is 35.5. The number of fused-ring (bicyclic) bond motifs is 1. The third-order valence-electron chi connectivity index (χ3n) is 6.95. The van der Waals surface area contributed by atoms with E-state index >= 15 is 0 Å². The molecule has 0 radical (unpaired) electrons. The van der Waals surface area contributed by atoms with Crippen molar-refractivity contribution >= 4 is 33.9 Å². The highest BCUT2D eigenvalue weighted by molar-refractivity contribution is 6.35. The molecule has 0 saturated heterocycles. The van der Waals surface area contributed by atoms with Gasteiger partial charge in [0.25, 0.3) is 0 Å².